The van der Waals surface area contributed by atoms with Gasteiger partial charge in [-0.25, -0.2) is 0 Å². The molecule has 5 nitrogen and oxygen atoms in total. The number of nitrogens with one attached hydrogen (secondary N) is 3. The summed E-state index contributed by atoms with van der Waals surface area (Å²) in [5.74, 6) is -0.248. The van der Waals surface area contributed by atoms with Gasteiger partial charge in [-0.15, -0.1) is 0 Å². The van der Waals surface area contributed by atoms with E-state index in [9.17, 15) is 9.59 Å². The molecule has 0 radical (unpaired) electrons. The number of amides is 1. The topological polar surface area (TPSA) is 77.8 Å². The van der Waals surface area contributed by atoms with Crippen LogP contribution >= 0.6 is 28.1 Å². The van der Waals surface area contributed by atoms with E-state index in [-0.39, 0.29) is 16.2 Å². The lowest BCUT2D eigenvalue weighted by atomic mass is 10.1. The summed E-state index contributed by atoms with van der Waals surface area (Å²) in [6.07, 6.45) is 0. The van der Waals surface area contributed by atoms with E-state index >= 15 is 0 Å². The van der Waals surface area contributed by atoms with Gasteiger partial charge in [-0.05, 0) is 30.4 Å². The van der Waals surface area contributed by atoms with Crippen LogP contribution < -0.4 is 10.9 Å². The van der Waals surface area contributed by atoms with Gasteiger partial charge in [0.15, 0.2) is 4.77 Å². The molecule has 0 aliphatic heterocycles. The van der Waals surface area contributed by atoms with Crippen LogP contribution in [-0.4, -0.2) is 22.4 Å². The van der Waals surface area contributed by atoms with E-state index in [0.717, 1.165) is 0 Å². The van der Waals surface area contributed by atoms with Crippen molar-refractivity contribution in [3.8, 4) is 0 Å². The highest BCUT2D eigenvalue weighted by Gasteiger charge is 2.07. The maximum absolute atomic E-state index is 11.9. The van der Waals surface area contributed by atoms with Crippen molar-refractivity contribution in [1.82, 2.24) is 15.3 Å². The van der Waals surface area contributed by atoms with Crippen LogP contribution in [0.25, 0.3) is 10.9 Å². The summed E-state index contributed by atoms with van der Waals surface area (Å²) in [6, 6.07) is 4.75. The fourth-order valence-corrected chi connectivity index (χ4v) is 1.93. The fourth-order valence-electron chi connectivity index (χ4n) is 1.59. The summed E-state index contributed by atoms with van der Waals surface area (Å²) in [4.78, 5) is 28.8. The quantitative estimate of drug-likeness (QED) is 0.750. The highest BCUT2D eigenvalue weighted by atomic mass is 79.9. The average molecular weight is 340 g/mol. The van der Waals surface area contributed by atoms with Crippen molar-refractivity contribution in [3.05, 3.63) is 49.9 Å². The van der Waals surface area contributed by atoms with Gasteiger partial charge in [0.1, 0.15) is 0 Å². The van der Waals surface area contributed by atoms with Gasteiger partial charge in [0.2, 0.25) is 0 Å². The Hall–Kier alpha value is -1.73. The Bertz CT molecular complexity index is 778. The van der Waals surface area contributed by atoms with Gasteiger partial charge in [0.05, 0.1) is 10.9 Å². The molecule has 2 rings (SSSR count). The summed E-state index contributed by atoms with van der Waals surface area (Å²) >= 11 is 8.05. The summed E-state index contributed by atoms with van der Waals surface area (Å²) in [7, 11) is 0. The van der Waals surface area contributed by atoms with Gasteiger partial charge < -0.3 is 10.3 Å². The Morgan fingerprint density at radius 3 is 2.84 bits per heavy atom. The molecular formula is C12H10BrN3O2S. The molecule has 0 unspecified atom stereocenters. The van der Waals surface area contributed by atoms with Crippen LogP contribution in [0.5, 0.6) is 0 Å². The molecule has 2 aromatic rings. The van der Waals surface area contributed by atoms with Gasteiger partial charge in [-0.1, -0.05) is 22.5 Å². The Morgan fingerprint density at radius 1 is 1.42 bits per heavy atom. The third kappa shape index (κ3) is 3.18. The van der Waals surface area contributed by atoms with Crippen LogP contribution in [0, 0.1) is 4.77 Å². The van der Waals surface area contributed by atoms with Crippen molar-refractivity contribution in [3.63, 3.8) is 0 Å². The van der Waals surface area contributed by atoms with Crippen molar-refractivity contribution < 1.29 is 4.79 Å². The van der Waals surface area contributed by atoms with Gasteiger partial charge >= 0.3 is 0 Å². The number of fused-ring (bicyclic) bond motifs is 1. The fraction of sp³-hybridized carbons (Fsp3) is 0.0833. The Kier molecular flexibility index (Phi) is 3.96. The molecule has 98 valence electrons. The molecule has 19 heavy (non-hydrogen) atoms. The molecule has 1 aromatic carbocycles. The zero-order valence-electron chi connectivity index (χ0n) is 9.75. The second-order valence-electron chi connectivity index (χ2n) is 3.87. The predicted octanol–water partition coefficient (Wildman–Crippen LogP) is 2.22. The number of hydrogen-bond donors (Lipinski definition) is 3. The number of aromatic nitrogens is 2. The molecule has 7 heteroatoms. The molecule has 0 bridgehead atoms. The Morgan fingerprint density at radius 2 is 2.16 bits per heavy atom. The van der Waals surface area contributed by atoms with Gasteiger partial charge in [0.25, 0.3) is 11.5 Å². The highest BCUT2D eigenvalue weighted by Crippen LogP contribution is 2.10. The van der Waals surface area contributed by atoms with Crippen LogP contribution in [-0.2, 0) is 0 Å². The molecule has 0 saturated heterocycles. The molecule has 0 saturated carbocycles. The number of rotatable bonds is 3. The lowest BCUT2D eigenvalue weighted by Crippen LogP contribution is -2.24. The SMILES string of the molecule is C=C(Br)CNC(=O)c1ccc2c(=O)[nH]c(=S)[nH]c2c1. The zero-order chi connectivity index (χ0) is 14.0. The third-order valence-corrected chi connectivity index (χ3v) is 2.93. The maximum Gasteiger partial charge on any atom is 0.259 e. The molecule has 3 N–H and O–H groups in total. The van der Waals surface area contributed by atoms with Crippen LogP contribution in [0.1, 0.15) is 10.4 Å². The zero-order valence-corrected chi connectivity index (χ0v) is 12.2. The first kappa shape index (κ1) is 13.7. The lowest BCUT2D eigenvalue weighted by Gasteiger charge is -2.05. The van der Waals surface area contributed by atoms with Crippen LogP contribution in [0.3, 0.4) is 0 Å². The molecular weight excluding hydrogens is 330 g/mol. The average Bonchev–Trinajstić information content (AvgIpc) is 2.34. The molecule has 0 aliphatic rings. The van der Waals surface area contributed by atoms with Crippen molar-refractivity contribution in [2.75, 3.05) is 6.54 Å². The second-order valence-corrected chi connectivity index (χ2v) is 5.40. The molecule has 0 spiro atoms. The van der Waals surface area contributed by atoms with Crippen LogP contribution in [0.2, 0.25) is 0 Å². The molecule has 1 heterocycles. The van der Waals surface area contributed by atoms with E-state index in [2.05, 4.69) is 37.8 Å². The summed E-state index contributed by atoms with van der Waals surface area (Å²) < 4.78 is 0.904. The molecule has 0 atom stereocenters. The Balaban J connectivity index is 2.41. The minimum Gasteiger partial charge on any atom is -0.347 e. The molecule has 0 aliphatic carbocycles. The third-order valence-electron chi connectivity index (χ3n) is 2.44. The standard InChI is InChI=1S/C12H10BrN3O2S/c1-6(13)5-14-10(17)7-2-3-8-9(4-7)15-12(19)16-11(8)18/h2-4H,1,5H2,(H,14,17)(H2,15,16,18,19). The van der Waals surface area contributed by atoms with Crippen molar-refractivity contribution in [1.29, 1.82) is 0 Å². The predicted molar refractivity (Wildman–Crippen MR) is 80.2 cm³/mol. The van der Waals surface area contributed by atoms with Crippen molar-refractivity contribution >= 4 is 45.0 Å². The van der Waals surface area contributed by atoms with E-state index in [0.29, 0.717) is 27.5 Å². The van der Waals surface area contributed by atoms with Crippen LogP contribution in [0.4, 0.5) is 0 Å². The van der Waals surface area contributed by atoms with Crippen molar-refractivity contribution in [2.24, 2.45) is 0 Å². The number of benzene rings is 1. The number of halogens is 1. The largest absolute Gasteiger partial charge is 0.347 e. The van der Waals surface area contributed by atoms with Crippen molar-refractivity contribution in [2.45, 2.75) is 0 Å². The minimum atomic E-state index is -0.278. The van der Waals surface area contributed by atoms with E-state index < -0.39 is 0 Å². The number of hydrogen-bond acceptors (Lipinski definition) is 3. The highest BCUT2D eigenvalue weighted by molar-refractivity contribution is 9.11. The molecule has 0 fully saturated rings. The van der Waals surface area contributed by atoms with Crippen LogP contribution in [0.15, 0.2) is 34.1 Å². The first-order valence-corrected chi connectivity index (χ1v) is 6.55. The summed E-state index contributed by atoms with van der Waals surface area (Å²) in [6.45, 7) is 3.97. The van der Waals surface area contributed by atoms with E-state index in [1.807, 2.05) is 0 Å². The number of H-pyrrole nitrogens is 2. The smallest absolute Gasteiger partial charge is 0.259 e. The first-order chi connectivity index (χ1) is 8.97. The first-order valence-electron chi connectivity index (χ1n) is 5.35. The maximum atomic E-state index is 11.9. The lowest BCUT2D eigenvalue weighted by molar-refractivity contribution is 0.0958. The monoisotopic (exact) mass is 339 g/mol. The van der Waals surface area contributed by atoms with E-state index in [1.54, 1.807) is 18.2 Å². The van der Waals surface area contributed by atoms with E-state index in [4.69, 9.17) is 12.2 Å². The molecule has 1 aromatic heterocycles. The van der Waals surface area contributed by atoms with Gasteiger partial charge in [-0.3, -0.25) is 14.6 Å². The minimum absolute atomic E-state index is 0.226. The number of carbonyl (C=O) groups excluding carboxylic acids is 1. The summed E-state index contributed by atoms with van der Waals surface area (Å²) in [5.41, 5.74) is 0.691. The summed E-state index contributed by atoms with van der Waals surface area (Å²) in [5, 5.41) is 3.13. The number of carbonyl (C=O) groups is 1. The Labute approximate surface area is 121 Å². The van der Waals surface area contributed by atoms with Gasteiger partial charge in [0, 0.05) is 16.6 Å². The van der Waals surface area contributed by atoms with E-state index in [1.165, 1.54) is 0 Å². The number of aromatic amines is 2. The normalized spacial score (nSPS) is 10.4. The molecule has 1 amide bonds. The van der Waals surface area contributed by atoms with Gasteiger partial charge in [-0.2, -0.15) is 0 Å². The second kappa shape index (κ2) is 5.50.